The van der Waals surface area contributed by atoms with Crippen LogP contribution in [0, 0.1) is 0 Å². The molecule has 74 valence electrons. The maximum atomic E-state index is 10.4. The van der Waals surface area contributed by atoms with Gasteiger partial charge in [0.1, 0.15) is 5.82 Å². The van der Waals surface area contributed by atoms with Gasteiger partial charge in [0, 0.05) is 12.4 Å². The minimum Gasteiger partial charge on any atom is -0.298 e. The highest BCUT2D eigenvalue weighted by Gasteiger charge is 2.12. The summed E-state index contributed by atoms with van der Waals surface area (Å²) in [7, 11) is 0. The molecule has 0 unspecified atom stereocenters. The Kier molecular flexibility index (Phi) is 2.84. The number of aldehydes is 1. The molecule has 0 saturated carbocycles. The van der Waals surface area contributed by atoms with Crippen LogP contribution in [0.4, 0.5) is 0 Å². The van der Waals surface area contributed by atoms with Crippen molar-refractivity contribution in [2.24, 2.45) is 0 Å². The van der Waals surface area contributed by atoms with E-state index in [1.165, 1.54) is 12.8 Å². The standard InChI is InChI=1S/C10H13N3O/c14-8-9-5-11-10(12-6-9)7-13-3-1-2-4-13/h5-6,8H,1-4,7H2. The zero-order chi connectivity index (χ0) is 9.80. The Labute approximate surface area is 83.0 Å². The van der Waals surface area contributed by atoms with Gasteiger partial charge >= 0.3 is 0 Å². The van der Waals surface area contributed by atoms with E-state index in [4.69, 9.17) is 0 Å². The topological polar surface area (TPSA) is 46.1 Å². The van der Waals surface area contributed by atoms with E-state index in [9.17, 15) is 4.79 Å². The molecule has 0 aromatic carbocycles. The van der Waals surface area contributed by atoms with E-state index >= 15 is 0 Å². The molecule has 0 spiro atoms. The van der Waals surface area contributed by atoms with Crippen LogP contribution in [0.25, 0.3) is 0 Å². The van der Waals surface area contributed by atoms with Crippen molar-refractivity contribution in [1.82, 2.24) is 14.9 Å². The summed E-state index contributed by atoms with van der Waals surface area (Å²) in [5.74, 6) is 0.803. The summed E-state index contributed by atoms with van der Waals surface area (Å²) in [6.45, 7) is 3.08. The number of carbonyl (C=O) groups is 1. The third-order valence-electron chi connectivity index (χ3n) is 2.43. The van der Waals surface area contributed by atoms with E-state index in [1.54, 1.807) is 12.4 Å². The molecule has 4 nitrogen and oxygen atoms in total. The van der Waals surface area contributed by atoms with Crippen molar-refractivity contribution in [3.8, 4) is 0 Å². The second kappa shape index (κ2) is 4.28. The van der Waals surface area contributed by atoms with Crippen molar-refractivity contribution in [2.75, 3.05) is 13.1 Å². The molecule has 0 radical (unpaired) electrons. The molecule has 0 aliphatic carbocycles. The molecule has 1 saturated heterocycles. The Balaban J connectivity index is 1.98. The predicted molar refractivity (Wildman–Crippen MR) is 51.9 cm³/mol. The largest absolute Gasteiger partial charge is 0.298 e. The third kappa shape index (κ3) is 2.14. The molecule has 0 amide bonds. The quantitative estimate of drug-likeness (QED) is 0.665. The van der Waals surface area contributed by atoms with Gasteiger partial charge in [-0.3, -0.25) is 9.69 Å². The average Bonchev–Trinajstić information content (AvgIpc) is 2.72. The Morgan fingerprint density at radius 1 is 1.29 bits per heavy atom. The number of carbonyl (C=O) groups excluding carboxylic acids is 1. The van der Waals surface area contributed by atoms with Crippen molar-refractivity contribution in [2.45, 2.75) is 19.4 Å². The van der Waals surface area contributed by atoms with Crippen LogP contribution in [-0.4, -0.2) is 34.2 Å². The van der Waals surface area contributed by atoms with Gasteiger partial charge in [-0.2, -0.15) is 0 Å². The van der Waals surface area contributed by atoms with Crippen molar-refractivity contribution >= 4 is 6.29 Å². The van der Waals surface area contributed by atoms with Crippen molar-refractivity contribution in [3.63, 3.8) is 0 Å². The lowest BCUT2D eigenvalue weighted by Crippen LogP contribution is -2.19. The fraction of sp³-hybridized carbons (Fsp3) is 0.500. The molecule has 0 N–H and O–H groups in total. The van der Waals surface area contributed by atoms with Gasteiger partial charge in [0.15, 0.2) is 6.29 Å². The van der Waals surface area contributed by atoms with Crippen LogP contribution < -0.4 is 0 Å². The van der Waals surface area contributed by atoms with Crippen molar-refractivity contribution < 1.29 is 4.79 Å². The van der Waals surface area contributed by atoms with E-state index in [0.717, 1.165) is 31.7 Å². The molecule has 2 heterocycles. The zero-order valence-corrected chi connectivity index (χ0v) is 8.02. The maximum Gasteiger partial charge on any atom is 0.153 e. The lowest BCUT2D eigenvalue weighted by Gasteiger charge is -2.12. The molecule has 1 fully saturated rings. The second-order valence-corrected chi connectivity index (χ2v) is 3.53. The number of hydrogen-bond acceptors (Lipinski definition) is 4. The first-order chi connectivity index (χ1) is 6.88. The smallest absolute Gasteiger partial charge is 0.153 e. The lowest BCUT2D eigenvalue weighted by atomic mass is 10.4. The van der Waals surface area contributed by atoms with Crippen LogP contribution in [-0.2, 0) is 6.54 Å². The van der Waals surface area contributed by atoms with Crippen LogP contribution in [0.15, 0.2) is 12.4 Å². The Bertz CT molecular complexity index is 304. The molecule has 1 aliphatic rings. The van der Waals surface area contributed by atoms with E-state index in [-0.39, 0.29) is 0 Å². The summed E-state index contributed by atoms with van der Waals surface area (Å²) in [6, 6.07) is 0. The fourth-order valence-corrected chi connectivity index (χ4v) is 1.65. The van der Waals surface area contributed by atoms with Crippen LogP contribution in [0.3, 0.4) is 0 Å². The molecule has 1 aliphatic heterocycles. The predicted octanol–water partition coefficient (Wildman–Crippen LogP) is 0.885. The number of aromatic nitrogens is 2. The third-order valence-corrected chi connectivity index (χ3v) is 2.43. The molecule has 1 aromatic rings. The number of rotatable bonds is 3. The minimum atomic E-state index is 0.537. The zero-order valence-electron chi connectivity index (χ0n) is 8.02. The average molecular weight is 191 g/mol. The lowest BCUT2D eigenvalue weighted by molar-refractivity contribution is 0.112. The van der Waals surface area contributed by atoms with Gasteiger partial charge < -0.3 is 0 Å². The molecule has 2 rings (SSSR count). The maximum absolute atomic E-state index is 10.4. The van der Waals surface area contributed by atoms with Crippen molar-refractivity contribution in [3.05, 3.63) is 23.8 Å². The van der Waals surface area contributed by atoms with E-state index in [2.05, 4.69) is 14.9 Å². The Morgan fingerprint density at radius 2 is 1.93 bits per heavy atom. The van der Waals surface area contributed by atoms with Crippen molar-refractivity contribution in [1.29, 1.82) is 0 Å². The summed E-state index contributed by atoms with van der Waals surface area (Å²) in [5, 5.41) is 0. The van der Waals surface area contributed by atoms with E-state index < -0.39 is 0 Å². The highest BCUT2D eigenvalue weighted by atomic mass is 16.1. The van der Waals surface area contributed by atoms with Crippen LogP contribution in [0.1, 0.15) is 29.0 Å². The molecule has 0 bridgehead atoms. The van der Waals surface area contributed by atoms with Gasteiger partial charge in [-0.05, 0) is 25.9 Å². The molecular formula is C10H13N3O. The Morgan fingerprint density at radius 3 is 2.50 bits per heavy atom. The van der Waals surface area contributed by atoms with E-state index in [0.29, 0.717) is 5.56 Å². The molecular weight excluding hydrogens is 178 g/mol. The van der Waals surface area contributed by atoms with Crippen LogP contribution >= 0.6 is 0 Å². The summed E-state index contributed by atoms with van der Waals surface area (Å²) < 4.78 is 0. The highest BCUT2D eigenvalue weighted by Crippen LogP contribution is 2.09. The van der Waals surface area contributed by atoms with Crippen LogP contribution in [0.2, 0.25) is 0 Å². The van der Waals surface area contributed by atoms with Gasteiger partial charge in [0.05, 0.1) is 12.1 Å². The fourth-order valence-electron chi connectivity index (χ4n) is 1.65. The van der Waals surface area contributed by atoms with Gasteiger partial charge in [-0.25, -0.2) is 9.97 Å². The first kappa shape index (κ1) is 9.27. The molecule has 0 atom stereocenters. The number of hydrogen-bond donors (Lipinski definition) is 0. The van der Waals surface area contributed by atoms with Crippen LogP contribution in [0.5, 0.6) is 0 Å². The van der Waals surface area contributed by atoms with Gasteiger partial charge in [-0.15, -0.1) is 0 Å². The highest BCUT2D eigenvalue weighted by molar-refractivity contribution is 5.73. The number of nitrogens with zero attached hydrogens (tertiary/aromatic N) is 3. The first-order valence-corrected chi connectivity index (χ1v) is 4.87. The van der Waals surface area contributed by atoms with Gasteiger partial charge in [-0.1, -0.05) is 0 Å². The SMILES string of the molecule is O=Cc1cnc(CN2CCCC2)nc1. The molecule has 14 heavy (non-hydrogen) atoms. The molecule has 1 aromatic heterocycles. The summed E-state index contributed by atoms with van der Waals surface area (Å²) in [5.41, 5.74) is 0.537. The monoisotopic (exact) mass is 191 g/mol. The second-order valence-electron chi connectivity index (χ2n) is 3.53. The summed E-state index contributed by atoms with van der Waals surface area (Å²) in [6.07, 6.45) is 6.45. The normalized spacial score (nSPS) is 17.1. The molecule has 4 heteroatoms. The first-order valence-electron chi connectivity index (χ1n) is 4.87. The minimum absolute atomic E-state index is 0.537. The van der Waals surface area contributed by atoms with Gasteiger partial charge in [0.2, 0.25) is 0 Å². The van der Waals surface area contributed by atoms with E-state index in [1.807, 2.05) is 0 Å². The van der Waals surface area contributed by atoms with Gasteiger partial charge in [0.25, 0.3) is 0 Å². The summed E-state index contributed by atoms with van der Waals surface area (Å²) >= 11 is 0. The summed E-state index contributed by atoms with van der Waals surface area (Å²) in [4.78, 5) is 21.0. The Hall–Kier alpha value is -1.29. The number of likely N-dealkylation sites (tertiary alicyclic amines) is 1.